The average Bonchev–Trinajstić information content (AvgIpc) is 2.46. The monoisotopic (exact) mass is 234 g/mol. The second-order valence-electron chi connectivity index (χ2n) is 4.25. The van der Waals surface area contributed by atoms with Gasteiger partial charge in [0.1, 0.15) is 0 Å². The Bertz CT molecular complexity index is 647. The van der Waals surface area contributed by atoms with Gasteiger partial charge in [0, 0.05) is 23.8 Å². The van der Waals surface area contributed by atoms with Gasteiger partial charge in [0.25, 0.3) is 0 Å². The van der Waals surface area contributed by atoms with Gasteiger partial charge in [-0.1, -0.05) is 30.3 Å². The molecule has 0 unspecified atom stereocenters. The van der Waals surface area contributed by atoms with Crippen LogP contribution < -0.4 is 5.32 Å². The highest BCUT2D eigenvalue weighted by Gasteiger charge is 1.97. The molecular formula is C16H14N2. The second-order valence-corrected chi connectivity index (χ2v) is 4.25. The van der Waals surface area contributed by atoms with E-state index in [0.717, 1.165) is 17.7 Å². The Morgan fingerprint density at radius 2 is 1.78 bits per heavy atom. The summed E-state index contributed by atoms with van der Waals surface area (Å²) in [6, 6.07) is 20.7. The van der Waals surface area contributed by atoms with Crippen LogP contribution in [0.5, 0.6) is 0 Å². The molecule has 1 N–H and O–H groups in total. The Morgan fingerprint density at radius 1 is 0.889 bits per heavy atom. The minimum atomic E-state index is 0.828. The van der Waals surface area contributed by atoms with Crippen LogP contribution in [0.2, 0.25) is 0 Å². The predicted molar refractivity (Wildman–Crippen MR) is 75.5 cm³/mol. The molecule has 0 aliphatic heterocycles. The van der Waals surface area contributed by atoms with Gasteiger partial charge in [-0.3, -0.25) is 4.98 Å². The summed E-state index contributed by atoms with van der Waals surface area (Å²) < 4.78 is 0. The maximum atomic E-state index is 4.32. The number of hydrogen-bond donors (Lipinski definition) is 1. The van der Waals surface area contributed by atoms with Crippen LogP contribution in [0, 0.1) is 0 Å². The van der Waals surface area contributed by atoms with E-state index in [9.17, 15) is 0 Å². The van der Waals surface area contributed by atoms with Crippen LogP contribution in [0.1, 0.15) is 5.56 Å². The fourth-order valence-electron chi connectivity index (χ4n) is 2.00. The molecular weight excluding hydrogens is 220 g/mol. The van der Waals surface area contributed by atoms with Crippen molar-refractivity contribution in [2.45, 2.75) is 6.54 Å². The van der Waals surface area contributed by atoms with Crippen LogP contribution in [0.25, 0.3) is 10.9 Å². The summed E-state index contributed by atoms with van der Waals surface area (Å²) in [4.78, 5) is 4.32. The number of nitrogens with one attached hydrogen (secondary N) is 1. The van der Waals surface area contributed by atoms with E-state index in [0.29, 0.717) is 0 Å². The Balaban J connectivity index is 1.79. The summed E-state index contributed by atoms with van der Waals surface area (Å²) in [6.07, 6.45) is 1.82. The lowest BCUT2D eigenvalue weighted by molar-refractivity contribution is 1.15. The molecule has 0 aliphatic carbocycles. The summed E-state index contributed by atoms with van der Waals surface area (Å²) in [5.41, 5.74) is 3.45. The van der Waals surface area contributed by atoms with Crippen LogP contribution in [0.3, 0.4) is 0 Å². The third kappa shape index (κ3) is 2.33. The first kappa shape index (κ1) is 10.8. The van der Waals surface area contributed by atoms with Crippen molar-refractivity contribution in [3.63, 3.8) is 0 Å². The number of anilines is 1. The minimum Gasteiger partial charge on any atom is -0.381 e. The molecule has 2 nitrogen and oxygen atoms in total. The van der Waals surface area contributed by atoms with Crippen LogP contribution in [-0.4, -0.2) is 4.98 Å². The first-order valence-corrected chi connectivity index (χ1v) is 6.04. The fourth-order valence-corrected chi connectivity index (χ4v) is 2.00. The standard InChI is InChI=1S/C16H14N2/c1-2-6-15(7-3-1)18-12-13-8-9-16-14(11-13)5-4-10-17-16/h1-11,18H,12H2. The molecule has 0 spiro atoms. The van der Waals surface area contributed by atoms with E-state index < -0.39 is 0 Å². The van der Waals surface area contributed by atoms with Gasteiger partial charge in [0.2, 0.25) is 0 Å². The quantitative estimate of drug-likeness (QED) is 0.744. The first-order valence-electron chi connectivity index (χ1n) is 6.04. The first-order chi connectivity index (χ1) is 8.92. The number of rotatable bonds is 3. The summed E-state index contributed by atoms with van der Waals surface area (Å²) >= 11 is 0. The van der Waals surface area contributed by atoms with Gasteiger partial charge in [0.05, 0.1) is 5.52 Å². The number of aromatic nitrogens is 1. The highest BCUT2D eigenvalue weighted by atomic mass is 14.9. The van der Waals surface area contributed by atoms with Crippen molar-refractivity contribution < 1.29 is 0 Å². The lowest BCUT2D eigenvalue weighted by atomic mass is 10.1. The molecule has 0 radical (unpaired) electrons. The minimum absolute atomic E-state index is 0.828. The van der Waals surface area contributed by atoms with Gasteiger partial charge in [-0.2, -0.15) is 0 Å². The summed E-state index contributed by atoms with van der Waals surface area (Å²) in [7, 11) is 0. The lowest BCUT2D eigenvalue weighted by Crippen LogP contribution is -1.98. The summed E-state index contributed by atoms with van der Waals surface area (Å²) in [5.74, 6) is 0. The van der Waals surface area contributed by atoms with E-state index in [4.69, 9.17) is 0 Å². The van der Waals surface area contributed by atoms with E-state index in [2.05, 4.69) is 46.7 Å². The molecule has 1 aromatic heterocycles. The molecule has 0 bridgehead atoms. The average molecular weight is 234 g/mol. The van der Waals surface area contributed by atoms with Gasteiger partial charge in [-0.05, 0) is 35.9 Å². The molecule has 0 fully saturated rings. The predicted octanol–water partition coefficient (Wildman–Crippen LogP) is 3.85. The number of nitrogens with zero attached hydrogens (tertiary/aromatic N) is 1. The number of para-hydroxylation sites is 1. The maximum Gasteiger partial charge on any atom is 0.0702 e. The zero-order valence-corrected chi connectivity index (χ0v) is 10.0. The SMILES string of the molecule is c1ccc(NCc2ccc3ncccc3c2)cc1. The molecule has 88 valence electrons. The van der Waals surface area contributed by atoms with Crippen LogP contribution in [-0.2, 0) is 6.54 Å². The van der Waals surface area contributed by atoms with Crippen molar-refractivity contribution in [3.05, 3.63) is 72.4 Å². The topological polar surface area (TPSA) is 24.9 Å². The second kappa shape index (κ2) is 4.88. The molecule has 2 aromatic carbocycles. The molecule has 0 atom stereocenters. The van der Waals surface area contributed by atoms with E-state index in [1.165, 1.54) is 10.9 Å². The van der Waals surface area contributed by atoms with Crippen molar-refractivity contribution in [2.75, 3.05) is 5.32 Å². The molecule has 0 saturated heterocycles. The molecule has 0 aliphatic rings. The fraction of sp³-hybridized carbons (Fsp3) is 0.0625. The Kier molecular flexibility index (Phi) is 2.92. The van der Waals surface area contributed by atoms with Crippen LogP contribution in [0.15, 0.2) is 66.9 Å². The zero-order valence-electron chi connectivity index (χ0n) is 10.0. The Labute approximate surface area is 106 Å². The van der Waals surface area contributed by atoms with Gasteiger partial charge in [-0.25, -0.2) is 0 Å². The van der Waals surface area contributed by atoms with Crippen molar-refractivity contribution >= 4 is 16.6 Å². The van der Waals surface area contributed by atoms with Gasteiger partial charge in [-0.15, -0.1) is 0 Å². The highest BCUT2D eigenvalue weighted by Crippen LogP contribution is 2.14. The normalized spacial score (nSPS) is 10.4. The van der Waals surface area contributed by atoms with E-state index in [-0.39, 0.29) is 0 Å². The van der Waals surface area contributed by atoms with E-state index >= 15 is 0 Å². The smallest absolute Gasteiger partial charge is 0.0702 e. The van der Waals surface area contributed by atoms with E-state index in [1.807, 2.05) is 30.5 Å². The molecule has 0 saturated carbocycles. The molecule has 1 heterocycles. The van der Waals surface area contributed by atoms with Crippen molar-refractivity contribution in [1.82, 2.24) is 4.98 Å². The van der Waals surface area contributed by atoms with Gasteiger partial charge >= 0.3 is 0 Å². The molecule has 0 amide bonds. The molecule has 3 rings (SSSR count). The number of benzene rings is 2. The Morgan fingerprint density at radius 3 is 2.67 bits per heavy atom. The largest absolute Gasteiger partial charge is 0.381 e. The molecule has 18 heavy (non-hydrogen) atoms. The van der Waals surface area contributed by atoms with Crippen LogP contribution >= 0.6 is 0 Å². The van der Waals surface area contributed by atoms with Crippen molar-refractivity contribution in [2.24, 2.45) is 0 Å². The van der Waals surface area contributed by atoms with Crippen molar-refractivity contribution in [1.29, 1.82) is 0 Å². The summed E-state index contributed by atoms with van der Waals surface area (Å²) in [5, 5.41) is 4.59. The zero-order chi connectivity index (χ0) is 12.2. The summed E-state index contributed by atoms with van der Waals surface area (Å²) in [6.45, 7) is 0.828. The molecule has 3 aromatic rings. The highest BCUT2D eigenvalue weighted by molar-refractivity contribution is 5.78. The third-order valence-electron chi connectivity index (χ3n) is 2.94. The van der Waals surface area contributed by atoms with Crippen molar-refractivity contribution in [3.8, 4) is 0 Å². The molecule has 2 heteroatoms. The number of pyridine rings is 1. The van der Waals surface area contributed by atoms with Gasteiger partial charge < -0.3 is 5.32 Å². The van der Waals surface area contributed by atoms with Gasteiger partial charge in [0.15, 0.2) is 0 Å². The Hall–Kier alpha value is -2.35. The number of fused-ring (bicyclic) bond motifs is 1. The number of hydrogen-bond acceptors (Lipinski definition) is 2. The van der Waals surface area contributed by atoms with E-state index in [1.54, 1.807) is 0 Å². The van der Waals surface area contributed by atoms with Crippen LogP contribution in [0.4, 0.5) is 5.69 Å². The lowest BCUT2D eigenvalue weighted by Gasteiger charge is -2.07. The maximum absolute atomic E-state index is 4.32. The third-order valence-corrected chi connectivity index (χ3v) is 2.94.